The molecule has 0 bridgehead atoms. The Morgan fingerprint density at radius 3 is 1.68 bits per heavy atom. The second-order valence-corrected chi connectivity index (χ2v) is 4.60. The number of alkyl halides is 2. The molecule has 0 N–H and O–H groups in total. The van der Waals surface area contributed by atoms with E-state index in [1.165, 1.54) is 19.1 Å². The predicted octanol–water partition coefficient (Wildman–Crippen LogP) is 4.67. The molecule has 0 unspecified atom stereocenters. The Balaban J connectivity index is 2.30. The quantitative estimate of drug-likeness (QED) is 0.733. The van der Waals surface area contributed by atoms with E-state index in [2.05, 4.69) is 0 Å². The van der Waals surface area contributed by atoms with Crippen LogP contribution >= 0.6 is 0 Å². The van der Waals surface area contributed by atoms with Gasteiger partial charge in [-0.15, -0.1) is 0 Å². The Labute approximate surface area is 110 Å². The van der Waals surface area contributed by atoms with Gasteiger partial charge in [-0.2, -0.15) is 0 Å². The molecule has 1 nitrogen and oxygen atoms in total. The van der Waals surface area contributed by atoms with E-state index in [9.17, 15) is 13.6 Å². The molecule has 0 spiro atoms. The van der Waals surface area contributed by atoms with Gasteiger partial charge in [0.25, 0.3) is 5.92 Å². The van der Waals surface area contributed by atoms with Gasteiger partial charge < -0.3 is 0 Å². The van der Waals surface area contributed by atoms with Crippen LogP contribution in [0.1, 0.15) is 29.8 Å². The van der Waals surface area contributed by atoms with Crippen LogP contribution < -0.4 is 0 Å². The Morgan fingerprint density at radius 1 is 0.895 bits per heavy atom. The van der Waals surface area contributed by atoms with Crippen LogP contribution in [0.25, 0.3) is 11.1 Å². The van der Waals surface area contributed by atoms with E-state index in [0.29, 0.717) is 5.56 Å². The highest BCUT2D eigenvalue weighted by atomic mass is 19.3. The van der Waals surface area contributed by atoms with Gasteiger partial charge in [0, 0.05) is 18.1 Å². The summed E-state index contributed by atoms with van der Waals surface area (Å²) in [6.45, 7) is 2.39. The first-order valence-corrected chi connectivity index (χ1v) is 5.97. The van der Waals surface area contributed by atoms with Crippen LogP contribution in [0.5, 0.6) is 0 Å². The second kappa shape index (κ2) is 4.92. The van der Waals surface area contributed by atoms with E-state index >= 15 is 0 Å². The lowest BCUT2D eigenvalue weighted by Crippen LogP contribution is -2.06. The third kappa shape index (κ3) is 3.05. The molecule has 0 radical (unpaired) electrons. The van der Waals surface area contributed by atoms with E-state index in [1.54, 1.807) is 24.3 Å². The Bertz CT molecular complexity index is 578. The number of carbonyl (C=O) groups excluding carboxylic acids is 1. The first-order chi connectivity index (χ1) is 8.88. The lowest BCUT2D eigenvalue weighted by atomic mass is 10.0. The van der Waals surface area contributed by atoms with E-state index in [-0.39, 0.29) is 11.3 Å². The maximum Gasteiger partial charge on any atom is 0.270 e. The average molecular weight is 260 g/mol. The number of ketones is 1. The second-order valence-electron chi connectivity index (χ2n) is 4.60. The summed E-state index contributed by atoms with van der Waals surface area (Å²) < 4.78 is 26.2. The van der Waals surface area contributed by atoms with E-state index < -0.39 is 5.92 Å². The monoisotopic (exact) mass is 260 g/mol. The van der Waals surface area contributed by atoms with Crippen LogP contribution in [0.3, 0.4) is 0 Å². The summed E-state index contributed by atoms with van der Waals surface area (Å²) >= 11 is 0. The highest BCUT2D eigenvalue weighted by Gasteiger charge is 2.23. The molecule has 2 aromatic rings. The first kappa shape index (κ1) is 13.4. The molecule has 0 saturated carbocycles. The third-order valence-electron chi connectivity index (χ3n) is 3.02. The summed E-state index contributed by atoms with van der Waals surface area (Å²) in [6, 6.07) is 13.3. The van der Waals surface area contributed by atoms with Gasteiger partial charge in [-0.25, -0.2) is 8.78 Å². The van der Waals surface area contributed by atoms with Gasteiger partial charge in [0.1, 0.15) is 0 Å². The molecule has 0 aliphatic rings. The van der Waals surface area contributed by atoms with Crippen LogP contribution in [0.2, 0.25) is 0 Å². The molecule has 2 rings (SSSR count). The molecule has 0 heterocycles. The molecule has 0 aliphatic heterocycles. The van der Waals surface area contributed by atoms with Crippen molar-refractivity contribution in [3.05, 3.63) is 59.7 Å². The highest BCUT2D eigenvalue weighted by molar-refractivity contribution is 5.94. The van der Waals surface area contributed by atoms with Gasteiger partial charge in [-0.05, 0) is 18.1 Å². The zero-order chi connectivity index (χ0) is 14.0. The number of hydrogen-bond donors (Lipinski definition) is 0. The summed E-state index contributed by atoms with van der Waals surface area (Å²) in [5, 5.41) is 0. The Kier molecular flexibility index (Phi) is 3.47. The maximum absolute atomic E-state index is 13.1. The molecular formula is C16H14F2O. The van der Waals surface area contributed by atoms with Crippen molar-refractivity contribution < 1.29 is 13.6 Å². The van der Waals surface area contributed by atoms with Crippen molar-refractivity contribution in [3.8, 4) is 11.1 Å². The standard InChI is InChI=1S/C16H14F2O/c1-11(19)12-3-5-13(6-4-12)14-7-9-15(10-8-14)16(2,17)18/h3-10H,1-2H3. The largest absolute Gasteiger partial charge is 0.295 e. The minimum Gasteiger partial charge on any atom is -0.295 e. The van der Waals surface area contributed by atoms with Crippen LogP contribution in [0.15, 0.2) is 48.5 Å². The van der Waals surface area contributed by atoms with E-state index in [1.807, 2.05) is 12.1 Å². The highest BCUT2D eigenvalue weighted by Crippen LogP contribution is 2.29. The summed E-state index contributed by atoms with van der Waals surface area (Å²) in [7, 11) is 0. The number of carbonyl (C=O) groups is 1. The molecule has 2 aromatic carbocycles. The van der Waals surface area contributed by atoms with Gasteiger partial charge in [0.15, 0.2) is 5.78 Å². The molecule has 0 amide bonds. The zero-order valence-corrected chi connectivity index (χ0v) is 10.8. The lowest BCUT2D eigenvalue weighted by molar-refractivity contribution is 0.0175. The number of benzene rings is 2. The molecule has 0 fully saturated rings. The van der Waals surface area contributed by atoms with Crippen LogP contribution in [0.4, 0.5) is 8.78 Å². The van der Waals surface area contributed by atoms with Crippen LogP contribution in [-0.2, 0) is 5.92 Å². The summed E-state index contributed by atoms with van der Waals surface area (Å²) in [5.41, 5.74) is 2.39. The fraction of sp³-hybridized carbons (Fsp3) is 0.188. The minimum absolute atomic E-state index is 0.00314. The number of Topliss-reactive ketones (excluding diaryl/α,β-unsaturated/α-hetero) is 1. The van der Waals surface area contributed by atoms with Crippen LogP contribution in [0, 0.1) is 0 Å². The minimum atomic E-state index is -2.82. The van der Waals surface area contributed by atoms with Crippen LogP contribution in [-0.4, -0.2) is 5.78 Å². The molecule has 0 saturated heterocycles. The number of rotatable bonds is 3. The normalized spacial score (nSPS) is 11.4. The maximum atomic E-state index is 13.1. The zero-order valence-electron chi connectivity index (χ0n) is 10.8. The van der Waals surface area contributed by atoms with Gasteiger partial charge in [0.05, 0.1) is 0 Å². The molecule has 0 aliphatic carbocycles. The molecule has 3 heteroatoms. The summed E-state index contributed by atoms with van der Waals surface area (Å²) in [6.07, 6.45) is 0. The SMILES string of the molecule is CC(=O)c1ccc(-c2ccc(C(C)(F)F)cc2)cc1. The molecule has 98 valence electrons. The predicted molar refractivity (Wildman–Crippen MR) is 71.5 cm³/mol. The van der Waals surface area contributed by atoms with Crippen molar-refractivity contribution in [2.45, 2.75) is 19.8 Å². The molecular weight excluding hydrogens is 246 g/mol. The lowest BCUT2D eigenvalue weighted by Gasteiger charge is -2.11. The average Bonchev–Trinajstić information content (AvgIpc) is 2.38. The molecule has 19 heavy (non-hydrogen) atoms. The fourth-order valence-corrected chi connectivity index (χ4v) is 1.85. The summed E-state index contributed by atoms with van der Waals surface area (Å²) in [5.74, 6) is -2.82. The van der Waals surface area contributed by atoms with Crippen molar-refractivity contribution in [2.75, 3.05) is 0 Å². The Hall–Kier alpha value is -2.03. The Morgan fingerprint density at radius 2 is 1.32 bits per heavy atom. The van der Waals surface area contributed by atoms with Crippen molar-refractivity contribution in [1.82, 2.24) is 0 Å². The molecule has 0 atom stereocenters. The van der Waals surface area contributed by atoms with Gasteiger partial charge in [-0.3, -0.25) is 4.79 Å². The van der Waals surface area contributed by atoms with Crippen molar-refractivity contribution in [1.29, 1.82) is 0 Å². The van der Waals surface area contributed by atoms with Gasteiger partial charge >= 0.3 is 0 Å². The third-order valence-corrected chi connectivity index (χ3v) is 3.02. The van der Waals surface area contributed by atoms with E-state index in [0.717, 1.165) is 18.1 Å². The first-order valence-electron chi connectivity index (χ1n) is 5.97. The van der Waals surface area contributed by atoms with Gasteiger partial charge in [0.2, 0.25) is 0 Å². The topological polar surface area (TPSA) is 17.1 Å². The van der Waals surface area contributed by atoms with E-state index in [4.69, 9.17) is 0 Å². The number of halogens is 2. The summed E-state index contributed by atoms with van der Waals surface area (Å²) in [4.78, 5) is 11.2. The van der Waals surface area contributed by atoms with Crippen molar-refractivity contribution in [3.63, 3.8) is 0 Å². The van der Waals surface area contributed by atoms with Gasteiger partial charge in [-0.1, -0.05) is 48.5 Å². The smallest absolute Gasteiger partial charge is 0.270 e. The van der Waals surface area contributed by atoms with Crippen molar-refractivity contribution >= 4 is 5.78 Å². The molecule has 0 aromatic heterocycles. The fourth-order valence-electron chi connectivity index (χ4n) is 1.85. The number of hydrogen-bond acceptors (Lipinski definition) is 1. The van der Waals surface area contributed by atoms with Crippen molar-refractivity contribution in [2.24, 2.45) is 0 Å².